The lowest BCUT2D eigenvalue weighted by molar-refractivity contribution is -0.129. The smallest absolute Gasteiger partial charge is 0.227 e. The average molecular weight is 429 g/mol. The van der Waals surface area contributed by atoms with Gasteiger partial charge in [0, 0.05) is 28.7 Å². The van der Waals surface area contributed by atoms with Gasteiger partial charge in [-0.2, -0.15) is 0 Å². The van der Waals surface area contributed by atoms with Gasteiger partial charge >= 0.3 is 0 Å². The zero-order chi connectivity index (χ0) is 18.0. The first kappa shape index (κ1) is 18.0. The number of hydrogen-bond acceptors (Lipinski definition) is 3. The van der Waals surface area contributed by atoms with Gasteiger partial charge in [-0.05, 0) is 29.8 Å². The number of amides is 1. The molecule has 0 unspecified atom stereocenters. The molecule has 0 fully saturated rings. The highest BCUT2D eigenvalue weighted by molar-refractivity contribution is 9.10. The highest BCUT2D eigenvalue weighted by Crippen LogP contribution is 2.36. The van der Waals surface area contributed by atoms with Gasteiger partial charge in [-0.3, -0.25) is 4.79 Å². The first-order valence-electron chi connectivity index (χ1n) is 7.70. The maximum atomic E-state index is 13.9. The van der Waals surface area contributed by atoms with E-state index < -0.39 is 5.82 Å². The summed E-state index contributed by atoms with van der Waals surface area (Å²) in [6, 6.07) is 8.06. The molecule has 1 amide bonds. The Morgan fingerprint density at radius 2 is 1.96 bits per heavy atom. The zero-order valence-electron chi connectivity index (χ0n) is 13.5. The summed E-state index contributed by atoms with van der Waals surface area (Å²) in [7, 11) is 1.62. The van der Waals surface area contributed by atoms with E-state index >= 15 is 0 Å². The summed E-state index contributed by atoms with van der Waals surface area (Å²) in [5.41, 5.74) is 1.09. The average Bonchev–Trinajstić information content (AvgIpc) is 2.58. The standard InChI is InChI=1S/C18H16BrClFNO3/c1-22(10-12-14(20)3-2-4-15(12)21)18(23)8-11-7-16-17(9-13(11)19)25-6-5-24-16/h2-4,7,9H,5-6,8,10H2,1H3. The summed E-state index contributed by atoms with van der Waals surface area (Å²) in [6.45, 7) is 1.09. The fourth-order valence-corrected chi connectivity index (χ4v) is 3.23. The molecule has 1 aliphatic heterocycles. The van der Waals surface area contributed by atoms with Gasteiger partial charge in [0.05, 0.1) is 6.42 Å². The maximum absolute atomic E-state index is 13.9. The van der Waals surface area contributed by atoms with Gasteiger partial charge in [0.15, 0.2) is 11.5 Å². The molecule has 0 N–H and O–H groups in total. The van der Waals surface area contributed by atoms with Crippen LogP contribution in [-0.2, 0) is 17.8 Å². The fourth-order valence-electron chi connectivity index (χ4n) is 2.55. The van der Waals surface area contributed by atoms with Crippen molar-refractivity contribution >= 4 is 33.4 Å². The van der Waals surface area contributed by atoms with E-state index in [0.29, 0.717) is 35.3 Å². The highest BCUT2D eigenvalue weighted by Gasteiger charge is 2.19. The Kier molecular flexibility index (Phi) is 5.49. The third-order valence-electron chi connectivity index (χ3n) is 3.94. The Morgan fingerprint density at radius 1 is 1.28 bits per heavy atom. The summed E-state index contributed by atoms with van der Waals surface area (Å²) in [6.07, 6.45) is 0.153. The minimum absolute atomic E-state index is 0.104. The van der Waals surface area contributed by atoms with Crippen LogP contribution in [0.5, 0.6) is 11.5 Å². The number of carbonyl (C=O) groups is 1. The predicted octanol–water partition coefficient (Wildman–Crippen LogP) is 4.21. The van der Waals surface area contributed by atoms with E-state index in [1.807, 2.05) is 0 Å². The van der Waals surface area contributed by atoms with E-state index in [2.05, 4.69) is 15.9 Å². The molecule has 132 valence electrons. The third kappa shape index (κ3) is 4.07. The van der Waals surface area contributed by atoms with E-state index in [1.54, 1.807) is 25.2 Å². The Balaban J connectivity index is 1.73. The van der Waals surface area contributed by atoms with Crippen molar-refractivity contribution in [3.05, 3.63) is 56.8 Å². The van der Waals surface area contributed by atoms with Crippen molar-refractivity contribution in [2.24, 2.45) is 0 Å². The second kappa shape index (κ2) is 7.62. The zero-order valence-corrected chi connectivity index (χ0v) is 15.9. The van der Waals surface area contributed by atoms with Crippen LogP contribution in [0.1, 0.15) is 11.1 Å². The van der Waals surface area contributed by atoms with Crippen molar-refractivity contribution in [2.45, 2.75) is 13.0 Å². The number of fused-ring (bicyclic) bond motifs is 1. The molecule has 4 nitrogen and oxygen atoms in total. The summed E-state index contributed by atoms with van der Waals surface area (Å²) in [5, 5.41) is 0.306. The second-order valence-corrected chi connectivity index (χ2v) is 6.98. The number of carbonyl (C=O) groups excluding carboxylic acids is 1. The van der Waals surface area contributed by atoms with E-state index in [-0.39, 0.29) is 18.9 Å². The van der Waals surface area contributed by atoms with E-state index in [4.69, 9.17) is 21.1 Å². The van der Waals surface area contributed by atoms with Gasteiger partial charge in [0.2, 0.25) is 5.91 Å². The number of halogens is 3. The summed E-state index contributed by atoms with van der Waals surface area (Å²) >= 11 is 9.48. The molecule has 1 aliphatic rings. The van der Waals surface area contributed by atoms with Crippen LogP contribution >= 0.6 is 27.5 Å². The van der Waals surface area contributed by atoms with Crippen molar-refractivity contribution in [1.29, 1.82) is 0 Å². The van der Waals surface area contributed by atoms with Gasteiger partial charge in [0.1, 0.15) is 19.0 Å². The summed E-state index contributed by atoms with van der Waals surface area (Å²) in [4.78, 5) is 14.0. The molecule has 2 aromatic carbocycles. The van der Waals surface area contributed by atoms with Gasteiger partial charge in [-0.25, -0.2) is 4.39 Å². The van der Waals surface area contributed by atoms with Crippen molar-refractivity contribution < 1.29 is 18.7 Å². The van der Waals surface area contributed by atoms with Crippen molar-refractivity contribution in [1.82, 2.24) is 4.90 Å². The van der Waals surface area contributed by atoms with Crippen LogP contribution in [0.25, 0.3) is 0 Å². The molecule has 7 heteroatoms. The van der Waals surface area contributed by atoms with Crippen molar-refractivity contribution in [2.75, 3.05) is 20.3 Å². The fraction of sp³-hybridized carbons (Fsp3) is 0.278. The molecule has 0 atom stereocenters. The van der Waals surface area contributed by atoms with E-state index in [0.717, 1.165) is 10.0 Å². The molecule has 3 rings (SSSR count). The van der Waals surface area contributed by atoms with Crippen LogP contribution in [0.3, 0.4) is 0 Å². The quantitative estimate of drug-likeness (QED) is 0.732. The molecule has 2 aromatic rings. The minimum atomic E-state index is -0.423. The van der Waals surface area contributed by atoms with Crippen molar-refractivity contribution in [3.8, 4) is 11.5 Å². The molecule has 0 aliphatic carbocycles. The van der Waals surface area contributed by atoms with E-state index in [9.17, 15) is 9.18 Å². The van der Waals surface area contributed by atoms with Crippen LogP contribution in [0.4, 0.5) is 4.39 Å². The van der Waals surface area contributed by atoms with Crippen molar-refractivity contribution in [3.63, 3.8) is 0 Å². The summed E-state index contributed by atoms with van der Waals surface area (Å²) in [5.74, 6) is 0.697. The summed E-state index contributed by atoms with van der Waals surface area (Å²) < 4.78 is 25.7. The maximum Gasteiger partial charge on any atom is 0.227 e. The number of rotatable bonds is 4. The molecule has 25 heavy (non-hydrogen) atoms. The number of nitrogens with zero attached hydrogens (tertiary/aromatic N) is 1. The number of likely N-dealkylation sites (N-methyl/N-ethyl adjacent to an activating group) is 1. The second-order valence-electron chi connectivity index (χ2n) is 5.71. The normalized spacial score (nSPS) is 12.8. The first-order valence-corrected chi connectivity index (χ1v) is 8.87. The Labute approximate surface area is 158 Å². The number of benzene rings is 2. The highest BCUT2D eigenvalue weighted by atomic mass is 79.9. The van der Waals surface area contributed by atoms with Gasteiger partial charge in [0.25, 0.3) is 0 Å². The molecule has 0 saturated carbocycles. The van der Waals surface area contributed by atoms with Crippen LogP contribution in [-0.4, -0.2) is 31.1 Å². The van der Waals surface area contributed by atoms with Crippen LogP contribution < -0.4 is 9.47 Å². The van der Waals surface area contributed by atoms with Crippen LogP contribution in [0.2, 0.25) is 5.02 Å². The monoisotopic (exact) mass is 427 g/mol. The minimum Gasteiger partial charge on any atom is -0.486 e. The lowest BCUT2D eigenvalue weighted by Crippen LogP contribution is -2.28. The molecule has 1 heterocycles. The molecule has 0 spiro atoms. The first-order chi connectivity index (χ1) is 12.0. The largest absolute Gasteiger partial charge is 0.486 e. The molecule has 0 aromatic heterocycles. The SMILES string of the molecule is CN(Cc1c(F)cccc1Cl)C(=O)Cc1cc2c(cc1Br)OCCO2. The Morgan fingerprint density at radius 3 is 2.64 bits per heavy atom. The molecule has 0 radical (unpaired) electrons. The topological polar surface area (TPSA) is 38.8 Å². The van der Waals surface area contributed by atoms with Gasteiger partial charge in [-0.15, -0.1) is 0 Å². The van der Waals surface area contributed by atoms with Gasteiger partial charge < -0.3 is 14.4 Å². The lowest BCUT2D eigenvalue weighted by Gasteiger charge is -2.21. The molecule has 0 bridgehead atoms. The molecular weight excluding hydrogens is 413 g/mol. The Hall–Kier alpha value is -1.79. The number of ether oxygens (including phenoxy) is 2. The van der Waals surface area contributed by atoms with Crippen LogP contribution in [0, 0.1) is 5.82 Å². The van der Waals surface area contributed by atoms with Crippen LogP contribution in [0.15, 0.2) is 34.8 Å². The van der Waals surface area contributed by atoms with Gasteiger partial charge in [-0.1, -0.05) is 33.6 Å². The molecule has 0 saturated heterocycles. The Bertz CT molecular complexity index is 795. The predicted molar refractivity (Wildman–Crippen MR) is 96.7 cm³/mol. The lowest BCUT2D eigenvalue weighted by atomic mass is 10.1. The molecular formula is C18H16BrClFNO3. The number of hydrogen-bond donors (Lipinski definition) is 0. The van der Waals surface area contributed by atoms with E-state index in [1.165, 1.54) is 17.0 Å². The third-order valence-corrected chi connectivity index (χ3v) is 5.03.